The molecule has 2 heterocycles. The number of thiazole rings is 1. The van der Waals surface area contributed by atoms with E-state index >= 15 is 0 Å². The minimum atomic E-state index is -1.10. The average molecular weight is 285 g/mol. The zero-order valence-corrected chi connectivity index (χ0v) is 11.2. The summed E-state index contributed by atoms with van der Waals surface area (Å²) >= 11 is 1.43. The van der Waals surface area contributed by atoms with E-state index in [0.29, 0.717) is 6.54 Å². The second-order valence-electron chi connectivity index (χ2n) is 4.42. The first-order valence-electron chi connectivity index (χ1n) is 5.83. The number of carboxylic acids is 1. The Hall–Kier alpha value is -1.67. The molecule has 1 aliphatic heterocycles. The molecule has 1 aromatic heterocycles. The number of amides is 2. The number of rotatable bonds is 3. The van der Waals surface area contributed by atoms with Crippen molar-refractivity contribution in [1.82, 2.24) is 15.2 Å². The van der Waals surface area contributed by atoms with E-state index in [1.807, 2.05) is 6.92 Å². The zero-order chi connectivity index (χ0) is 14.0. The van der Waals surface area contributed by atoms with Crippen LogP contribution in [0.25, 0.3) is 0 Å². The highest BCUT2D eigenvalue weighted by Gasteiger charge is 2.38. The van der Waals surface area contributed by atoms with Crippen molar-refractivity contribution in [3.05, 3.63) is 16.1 Å². The normalized spacial score (nSPS) is 22.5. The third-order valence-corrected chi connectivity index (χ3v) is 4.01. The molecule has 2 rings (SSSR count). The second-order valence-corrected chi connectivity index (χ2v) is 5.35. The lowest BCUT2D eigenvalue weighted by Gasteiger charge is -2.21. The number of hydrogen-bond donors (Lipinski definition) is 3. The van der Waals surface area contributed by atoms with Gasteiger partial charge in [-0.1, -0.05) is 0 Å². The van der Waals surface area contributed by atoms with Crippen LogP contribution in [0.1, 0.15) is 17.0 Å². The van der Waals surface area contributed by atoms with Crippen LogP contribution in [0.2, 0.25) is 0 Å². The fourth-order valence-corrected chi connectivity index (χ4v) is 2.74. The Kier molecular flexibility index (Phi) is 4.01. The fourth-order valence-electron chi connectivity index (χ4n) is 2.03. The summed E-state index contributed by atoms with van der Waals surface area (Å²) in [5, 5.41) is 21.1. The van der Waals surface area contributed by atoms with Crippen LogP contribution in [0.4, 0.5) is 4.79 Å². The highest BCUT2D eigenvalue weighted by atomic mass is 32.1. The summed E-state index contributed by atoms with van der Waals surface area (Å²) < 4.78 is 0. The highest BCUT2D eigenvalue weighted by molar-refractivity contribution is 7.09. The van der Waals surface area contributed by atoms with Gasteiger partial charge in [-0.15, -0.1) is 11.3 Å². The molecule has 1 saturated heterocycles. The second kappa shape index (κ2) is 5.54. The Morgan fingerprint density at radius 2 is 2.37 bits per heavy atom. The van der Waals surface area contributed by atoms with E-state index in [9.17, 15) is 14.7 Å². The number of β-amino-alcohol motifs (C(OH)–C–C–N with tert-alkyl or cyclic N) is 1. The molecule has 0 saturated carbocycles. The van der Waals surface area contributed by atoms with E-state index in [2.05, 4.69) is 10.3 Å². The molecule has 0 aliphatic carbocycles. The Morgan fingerprint density at radius 1 is 1.63 bits per heavy atom. The Balaban J connectivity index is 1.96. The molecule has 1 aromatic rings. The van der Waals surface area contributed by atoms with E-state index in [4.69, 9.17) is 5.11 Å². The monoisotopic (exact) mass is 285 g/mol. The third-order valence-electron chi connectivity index (χ3n) is 3.07. The van der Waals surface area contributed by atoms with Crippen molar-refractivity contribution in [3.8, 4) is 0 Å². The van der Waals surface area contributed by atoms with Crippen LogP contribution < -0.4 is 5.32 Å². The van der Waals surface area contributed by atoms with E-state index in [1.165, 1.54) is 11.3 Å². The van der Waals surface area contributed by atoms with Crippen molar-refractivity contribution in [1.29, 1.82) is 0 Å². The first-order valence-corrected chi connectivity index (χ1v) is 6.71. The van der Waals surface area contributed by atoms with Crippen molar-refractivity contribution in [3.63, 3.8) is 0 Å². The predicted molar refractivity (Wildman–Crippen MR) is 67.8 cm³/mol. The maximum absolute atomic E-state index is 11.9. The summed E-state index contributed by atoms with van der Waals surface area (Å²) in [6, 6.07) is -1.44. The van der Waals surface area contributed by atoms with Gasteiger partial charge in [-0.3, -0.25) is 0 Å². The lowest BCUT2D eigenvalue weighted by Crippen LogP contribution is -2.45. The third kappa shape index (κ3) is 3.02. The molecule has 8 heteroatoms. The van der Waals surface area contributed by atoms with E-state index in [1.54, 1.807) is 5.51 Å². The van der Waals surface area contributed by atoms with Crippen LogP contribution in [0, 0.1) is 6.92 Å². The van der Waals surface area contributed by atoms with Gasteiger partial charge in [0.25, 0.3) is 0 Å². The molecule has 7 nitrogen and oxygen atoms in total. The molecule has 0 spiro atoms. The SMILES string of the molecule is Cc1ncsc1CNC(=O)N1C[C@H](O)C[C@@H]1C(=O)O. The van der Waals surface area contributed by atoms with Crippen molar-refractivity contribution in [2.75, 3.05) is 6.54 Å². The van der Waals surface area contributed by atoms with Gasteiger partial charge in [0.15, 0.2) is 0 Å². The maximum atomic E-state index is 11.9. The first kappa shape index (κ1) is 13.8. The number of aromatic nitrogens is 1. The molecule has 0 bridgehead atoms. The molecular weight excluding hydrogens is 270 g/mol. The van der Waals surface area contributed by atoms with Gasteiger partial charge >= 0.3 is 12.0 Å². The molecule has 2 amide bonds. The van der Waals surface area contributed by atoms with Gasteiger partial charge < -0.3 is 20.4 Å². The number of urea groups is 1. The largest absolute Gasteiger partial charge is 0.480 e. The van der Waals surface area contributed by atoms with Crippen LogP contribution in [-0.2, 0) is 11.3 Å². The van der Waals surface area contributed by atoms with Crippen molar-refractivity contribution < 1.29 is 19.8 Å². The quantitative estimate of drug-likeness (QED) is 0.735. The summed E-state index contributed by atoms with van der Waals surface area (Å²) in [6.45, 7) is 2.20. The number of hydrogen-bond acceptors (Lipinski definition) is 5. The number of aliphatic hydroxyl groups excluding tert-OH is 1. The standard InChI is InChI=1S/C11H15N3O4S/c1-6-9(19-5-13-6)3-12-11(18)14-4-7(15)2-8(14)10(16)17/h5,7-8,15H,2-4H2,1H3,(H,12,18)(H,16,17)/t7-,8-/m1/s1. The Labute approximate surface area is 113 Å². The Morgan fingerprint density at radius 3 is 2.95 bits per heavy atom. The minimum Gasteiger partial charge on any atom is -0.480 e. The lowest BCUT2D eigenvalue weighted by atomic mass is 10.2. The molecule has 104 valence electrons. The molecular formula is C11H15N3O4S. The molecule has 0 unspecified atom stereocenters. The molecule has 1 fully saturated rings. The first-order chi connectivity index (χ1) is 8.99. The number of carbonyl (C=O) groups is 2. The smallest absolute Gasteiger partial charge is 0.326 e. The molecule has 1 aliphatic rings. The van der Waals surface area contributed by atoms with Gasteiger partial charge in [-0.25, -0.2) is 14.6 Å². The van der Waals surface area contributed by atoms with Crippen molar-refractivity contribution in [2.24, 2.45) is 0 Å². The fraction of sp³-hybridized carbons (Fsp3) is 0.545. The van der Waals surface area contributed by atoms with Gasteiger partial charge in [-0.05, 0) is 6.92 Å². The van der Waals surface area contributed by atoms with Crippen molar-refractivity contribution >= 4 is 23.3 Å². The molecule has 3 N–H and O–H groups in total. The van der Waals surface area contributed by atoms with Crippen LogP contribution >= 0.6 is 11.3 Å². The van der Waals surface area contributed by atoms with Crippen molar-refractivity contribution in [2.45, 2.75) is 32.0 Å². The predicted octanol–water partition coefficient (Wildman–Crippen LogP) is 0.181. The van der Waals surface area contributed by atoms with Gasteiger partial charge in [-0.2, -0.15) is 0 Å². The summed E-state index contributed by atoms with van der Waals surface area (Å²) in [6.07, 6.45) is -0.709. The number of carbonyl (C=O) groups excluding carboxylic acids is 1. The number of nitrogens with one attached hydrogen (secondary N) is 1. The highest BCUT2D eigenvalue weighted by Crippen LogP contribution is 2.18. The summed E-state index contributed by atoms with van der Waals surface area (Å²) in [4.78, 5) is 29.1. The average Bonchev–Trinajstić information content (AvgIpc) is 2.92. The number of aliphatic hydroxyl groups is 1. The zero-order valence-electron chi connectivity index (χ0n) is 10.4. The summed E-state index contributed by atoms with van der Waals surface area (Å²) in [5.41, 5.74) is 2.54. The molecule has 0 aromatic carbocycles. The summed E-state index contributed by atoms with van der Waals surface area (Å²) in [5.74, 6) is -1.10. The summed E-state index contributed by atoms with van der Waals surface area (Å²) in [7, 11) is 0. The number of aryl methyl sites for hydroxylation is 1. The molecule has 2 atom stereocenters. The van der Waals surface area contributed by atoms with Crippen LogP contribution in [0.3, 0.4) is 0 Å². The van der Waals surface area contributed by atoms with Gasteiger partial charge in [0.2, 0.25) is 0 Å². The number of aliphatic carboxylic acids is 1. The van der Waals surface area contributed by atoms with E-state index in [0.717, 1.165) is 15.5 Å². The Bertz CT molecular complexity index is 490. The minimum absolute atomic E-state index is 0.0461. The number of carboxylic acid groups (broad SMARTS) is 1. The van der Waals surface area contributed by atoms with Gasteiger partial charge in [0.1, 0.15) is 6.04 Å². The van der Waals surface area contributed by atoms with E-state index < -0.39 is 24.1 Å². The maximum Gasteiger partial charge on any atom is 0.326 e. The van der Waals surface area contributed by atoms with Gasteiger partial charge in [0, 0.05) is 17.8 Å². The number of likely N-dealkylation sites (tertiary alicyclic amines) is 1. The van der Waals surface area contributed by atoms with Crippen LogP contribution in [0.15, 0.2) is 5.51 Å². The topological polar surface area (TPSA) is 103 Å². The molecule has 0 radical (unpaired) electrons. The van der Waals surface area contributed by atoms with E-state index in [-0.39, 0.29) is 13.0 Å². The van der Waals surface area contributed by atoms with Gasteiger partial charge in [0.05, 0.1) is 23.9 Å². The van der Waals surface area contributed by atoms with Crippen LogP contribution in [0.5, 0.6) is 0 Å². The molecule has 19 heavy (non-hydrogen) atoms. The van der Waals surface area contributed by atoms with Crippen LogP contribution in [-0.4, -0.2) is 50.8 Å². The lowest BCUT2D eigenvalue weighted by molar-refractivity contribution is -0.141. The number of nitrogens with zero attached hydrogens (tertiary/aromatic N) is 2.